The minimum Gasteiger partial charge on any atom is -0.480 e. The number of carboxylic acid groups (broad SMARTS) is 1. The van der Waals surface area contributed by atoms with Gasteiger partial charge in [-0.3, -0.25) is 4.79 Å². The third-order valence-electron chi connectivity index (χ3n) is 5.13. The number of aryl methyl sites for hydroxylation is 2. The van der Waals surface area contributed by atoms with Gasteiger partial charge >= 0.3 is 5.97 Å². The third kappa shape index (κ3) is 3.96. The molecule has 2 N–H and O–H groups in total. The molecule has 0 spiro atoms. The molecule has 2 heterocycles. The van der Waals surface area contributed by atoms with Gasteiger partial charge in [0.15, 0.2) is 0 Å². The highest BCUT2D eigenvalue weighted by molar-refractivity contribution is 7.89. The quantitative estimate of drug-likeness (QED) is 0.433. The number of nitrogens with one attached hydrogen (secondary N) is 1. The third-order valence-corrected chi connectivity index (χ3v) is 7.69. The minimum atomic E-state index is -4.03. The van der Waals surface area contributed by atoms with Crippen LogP contribution in [0.15, 0.2) is 45.7 Å². The van der Waals surface area contributed by atoms with Crippen LogP contribution in [0, 0.1) is 19.8 Å². The van der Waals surface area contributed by atoms with E-state index in [-0.39, 0.29) is 4.90 Å². The molecule has 0 saturated heterocycles. The highest BCUT2D eigenvalue weighted by Gasteiger charge is 2.28. The van der Waals surface area contributed by atoms with Crippen LogP contribution in [0.2, 0.25) is 0 Å². The number of furan rings is 1. The SMILES string of the molecule is Cc1nc(C)c(-c2ccc3oc4cc(S(=O)(=O)NC(C(=O)O)C(C)C)ccc4c3c2)s1. The van der Waals surface area contributed by atoms with E-state index in [9.17, 15) is 18.3 Å². The molecule has 0 radical (unpaired) electrons. The van der Waals surface area contributed by atoms with Crippen LogP contribution in [0.1, 0.15) is 24.5 Å². The Morgan fingerprint density at radius 2 is 1.84 bits per heavy atom. The molecule has 31 heavy (non-hydrogen) atoms. The zero-order valence-electron chi connectivity index (χ0n) is 17.5. The smallest absolute Gasteiger partial charge is 0.322 e. The lowest BCUT2D eigenvalue weighted by Gasteiger charge is -2.17. The minimum absolute atomic E-state index is 0.0416. The average Bonchev–Trinajstić information content (AvgIpc) is 3.23. The molecule has 0 bridgehead atoms. The van der Waals surface area contributed by atoms with Crippen molar-refractivity contribution in [2.75, 3.05) is 0 Å². The fourth-order valence-corrected chi connectivity index (χ4v) is 5.84. The van der Waals surface area contributed by atoms with Gasteiger partial charge in [0.1, 0.15) is 17.2 Å². The van der Waals surface area contributed by atoms with Crippen molar-refractivity contribution in [3.63, 3.8) is 0 Å². The van der Waals surface area contributed by atoms with E-state index in [1.807, 2.05) is 32.0 Å². The second kappa shape index (κ2) is 7.74. The molecule has 0 aliphatic carbocycles. The second-order valence-electron chi connectivity index (χ2n) is 7.80. The van der Waals surface area contributed by atoms with Crippen LogP contribution in [0.3, 0.4) is 0 Å². The lowest BCUT2D eigenvalue weighted by molar-refractivity contribution is -0.140. The van der Waals surface area contributed by atoms with Crippen LogP contribution in [0.25, 0.3) is 32.4 Å². The van der Waals surface area contributed by atoms with Gasteiger partial charge in [0.25, 0.3) is 0 Å². The van der Waals surface area contributed by atoms with Gasteiger partial charge in [0.05, 0.1) is 20.5 Å². The monoisotopic (exact) mass is 458 g/mol. The molecule has 162 valence electrons. The molecule has 0 aliphatic heterocycles. The van der Waals surface area contributed by atoms with Crippen molar-refractivity contribution in [3.05, 3.63) is 47.1 Å². The summed E-state index contributed by atoms with van der Waals surface area (Å²) in [5, 5.41) is 12.0. The molecule has 0 amide bonds. The number of benzene rings is 2. The summed E-state index contributed by atoms with van der Waals surface area (Å²) < 4.78 is 33.7. The molecule has 1 atom stereocenters. The van der Waals surface area contributed by atoms with Crippen LogP contribution in [0.5, 0.6) is 0 Å². The summed E-state index contributed by atoms with van der Waals surface area (Å²) in [6, 6.07) is 9.22. The summed E-state index contributed by atoms with van der Waals surface area (Å²) in [6.07, 6.45) is 0. The summed E-state index contributed by atoms with van der Waals surface area (Å²) in [5.74, 6) is -1.62. The normalized spacial score (nSPS) is 13.3. The molecule has 0 aliphatic rings. The van der Waals surface area contributed by atoms with E-state index < -0.39 is 28.0 Å². The van der Waals surface area contributed by atoms with E-state index in [0.717, 1.165) is 31.9 Å². The van der Waals surface area contributed by atoms with Crippen molar-refractivity contribution in [1.82, 2.24) is 9.71 Å². The Morgan fingerprint density at radius 1 is 1.10 bits per heavy atom. The van der Waals surface area contributed by atoms with Crippen molar-refractivity contribution >= 4 is 49.3 Å². The Kier molecular flexibility index (Phi) is 5.36. The van der Waals surface area contributed by atoms with Crippen LogP contribution in [-0.4, -0.2) is 30.5 Å². The van der Waals surface area contributed by atoms with Gasteiger partial charge in [0, 0.05) is 16.8 Å². The summed E-state index contributed by atoms with van der Waals surface area (Å²) in [4.78, 5) is 16.9. The lowest BCUT2D eigenvalue weighted by atomic mass is 10.1. The van der Waals surface area contributed by atoms with Crippen LogP contribution in [-0.2, 0) is 14.8 Å². The summed E-state index contributed by atoms with van der Waals surface area (Å²) in [5.41, 5.74) is 3.06. The Morgan fingerprint density at radius 3 is 2.45 bits per heavy atom. The maximum absolute atomic E-state index is 12.8. The molecule has 0 fully saturated rings. The van der Waals surface area contributed by atoms with E-state index in [2.05, 4.69) is 9.71 Å². The highest BCUT2D eigenvalue weighted by atomic mass is 32.2. The highest BCUT2D eigenvalue weighted by Crippen LogP contribution is 2.36. The van der Waals surface area contributed by atoms with E-state index >= 15 is 0 Å². The first-order valence-corrected chi connectivity index (χ1v) is 12.0. The van der Waals surface area contributed by atoms with Gasteiger partial charge in [-0.2, -0.15) is 4.72 Å². The van der Waals surface area contributed by atoms with Crippen LogP contribution >= 0.6 is 11.3 Å². The number of thiazole rings is 1. The predicted molar refractivity (Wildman–Crippen MR) is 121 cm³/mol. The maximum atomic E-state index is 12.8. The van der Waals surface area contributed by atoms with Gasteiger partial charge in [-0.25, -0.2) is 13.4 Å². The largest absolute Gasteiger partial charge is 0.480 e. The number of hydrogen-bond donors (Lipinski definition) is 2. The Labute approximate surface area is 183 Å². The number of aliphatic carboxylic acids is 1. The van der Waals surface area contributed by atoms with Gasteiger partial charge in [-0.1, -0.05) is 13.8 Å². The molecular weight excluding hydrogens is 436 g/mol. The topological polar surface area (TPSA) is 110 Å². The number of carbonyl (C=O) groups is 1. The number of rotatable bonds is 6. The second-order valence-corrected chi connectivity index (χ2v) is 10.7. The van der Waals surface area contributed by atoms with E-state index in [1.54, 1.807) is 31.3 Å². The van der Waals surface area contributed by atoms with Crippen LogP contribution < -0.4 is 4.72 Å². The first-order chi connectivity index (χ1) is 14.6. The van der Waals surface area contributed by atoms with Gasteiger partial charge in [-0.05, 0) is 55.7 Å². The molecule has 4 rings (SSSR count). The molecule has 9 heteroatoms. The fourth-order valence-electron chi connectivity index (χ4n) is 3.57. The number of carboxylic acids is 1. The number of sulfonamides is 1. The maximum Gasteiger partial charge on any atom is 0.322 e. The first-order valence-electron chi connectivity index (χ1n) is 9.72. The molecular formula is C22H22N2O5S2. The summed E-state index contributed by atoms with van der Waals surface area (Å²) >= 11 is 1.62. The van der Waals surface area contributed by atoms with Crippen molar-refractivity contribution in [2.45, 2.75) is 38.6 Å². The molecule has 1 unspecified atom stereocenters. The van der Waals surface area contributed by atoms with E-state index in [1.165, 1.54) is 12.1 Å². The number of nitrogens with zero attached hydrogens (tertiary/aromatic N) is 1. The summed E-state index contributed by atoms with van der Waals surface area (Å²) in [7, 11) is -4.03. The first kappa shape index (κ1) is 21.5. The van der Waals surface area contributed by atoms with Gasteiger partial charge in [0.2, 0.25) is 10.0 Å². The van der Waals surface area contributed by atoms with E-state index in [0.29, 0.717) is 11.2 Å². The fraction of sp³-hybridized carbons (Fsp3) is 0.273. The van der Waals surface area contributed by atoms with Crippen LogP contribution in [0.4, 0.5) is 0 Å². The van der Waals surface area contributed by atoms with Crippen molar-refractivity contribution in [2.24, 2.45) is 5.92 Å². The zero-order valence-corrected chi connectivity index (χ0v) is 19.1. The van der Waals surface area contributed by atoms with Gasteiger partial charge < -0.3 is 9.52 Å². The summed E-state index contributed by atoms with van der Waals surface area (Å²) in [6.45, 7) is 7.24. The Hall–Kier alpha value is -2.75. The average molecular weight is 459 g/mol. The molecule has 7 nitrogen and oxygen atoms in total. The zero-order chi connectivity index (χ0) is 22.5. The number of fused-ring (bicyclic) bond motifs is 3. The standard InChI is InChI=1S/C22H22N2O5S2/c1-11(2)20(22(25)26)24-31(27,28)15-6-7-16-17-9-14(21-12(3)23-13(4)30-21)5-8-18(17)29-19(16)10-15/h5-11,20,24H,1-4H3,(H,25,26). The number of hydrogen-bond acceptors (Lipinski definition) is 6. The van der Waals surface area contributed by atoms with E-state index in [4.69, 9.17) is 4.42 Å². The Bertz CT molecular complexity index is 1420. The number of aromatic nitrogens is 1. The van der Waals surface area contributed by atoms with Crippen molar-refractivity contribution < 1.29 is 22.7 Å². The predicted octanol–water partition coefficient (Wildman–Crippen LogP) is 4.71. The molecule has 2 aromatic heterocycles. The lowest BCUT2D eigenvalue weighted by Crippen LogP contribution is -2.44. The van der Waals surface area contributed by atoms with Crippen molar-refractivity contribution in [3.8, 4) is 10.4 Å². The molecule has 0 saturated carbocycles. The molecule has 4 aromatic rings. The van der Waals surface area contributed by atoms with Crippen molar-refractivity contribution in [1.29, 1.82) is 0 Å². The Balaban J connectivity index is 1.77. The molecule has 2 aromatic carbocycles. The van der Waals surface area contributed by atoms with Gasteiger partial charge in [-0.15, -0.1) is 11.3 Å².